The number of nitrogens with one attached hydrogen (secondary N) is 1. The zero-order valence-electron chi connectivity index (χ0n) is 18.4. The number of methoxy groups -OCH3 is 1. The maximum atomic E-state index is 13.2. The van der Waals surface area contributed by atoms with Crippen molar-refractivity contribution in [2.24, 2.45) is 0 Å². The van der Waals surface area contributed by atoms with E-state index in [1.807, 2.05) is 43.4 Å². The highest BCUT2D eigenvalue weighted by Gasteiger charge is 2.35. The number of carbonyl (C=O) groups is 1. The number of nitrogens with zero attached hydrogens (tertiary/aromatic N) is 1. The van der Waals surface area contributed by atoms with Gasteiger partial charge in [-0.25, -0.2) is 4.79 Å². The van der Waals surface area contributed by atoms with Gasteiger partial charge in [-0.2, -0.15) is 0 Å². The maximum absolute atomic E-state index is 13.2. The van der Waals surface area contributed by atoms with E-state index in [4.69, 9.17) is 32.7 Å². The fourth-order valence-electron chi connectivity index (χ4n) is 4.07. The lowest BCUT2D eigenvalue weighted by atomic mass is 9.93. The first kappa shape index (κ1) is 23.0. The number of rotatable bonds is 5. The standard InChI is InChI=1S/C26H24Cl2N2O3/c1-4-19(32-3)9-5-16(2)25-24-21(22-15-18(28)8-12-23(22)29-24)13-14-30(25)26(31)33-20-10-6-17(27)7-11-20/h4-12,15,25,29H,2,13-14H2,1,3H3. The smallest absolute Gasteiger partial charge is 0.416 e. The summed E-state index contributed by atoms with van der Waals surface area (Å²) in [6.07, 6.45) is 5.75. The van der Waals surface area contributed by atoms with Gasteiger partial charge in [0.1, 0.15) is 17.6 Å². The number of allylic oxidation sites excluding steroid dienone is 2. The molecule has 1 aromatic heterocycles. The molecule has 0 fully saturated rings. The SMILES string of the molecule is C=C(C=CC(=CC)OC)C1c2[nH]c3ccc(Cl)cc3c2CCN1C(=O)Oc1ccc(Cl)cc1. The first-order valence-corrected chi connectivity index (χ1v) is 11.3. The van der Waals surface area contributed by atoms with E-state index in [-0.39, 0.29) is 0 Å². The van der Waals surface area contributed by atoms with E-state index in [0.29, 0.717) is 34.5 Å². The van der Waals surface area contributed by atoms with Gasteiger partial charge in [-0.15, -0.1) is 0 Å². The van der Waals surface area contributed by atoms with Crippen LogP contribution in [0.4, 0.5) is 4.79 Å². The van der Waals surface area contributed by atoms with Crippen LogP contribution < -0.4 is 4.74 Å². The summed E-state index contributed by atoms with van der Waals surface area (Å²) < 4.78 is 11.0. The Hall–Kier alpha value is -3.15. The molecule has 4 rings (SSSR count). The molecule has 5 nitrogen and oxygen atoms in total. The number of H-pyrrole nitrogens is 1. The number of aromatic amines is 1. The second-order valence-electron chi connectivity index (χ2n) is 7.68. The summed E-state index contributed by atoms with van der Waals surface area (Å²) in [5.74, 6) is 1.13. The third-order valence-corrected chi connectivity index (χ3v) is 6.16. The van der Waals surface area contributed by atoms with Crippen molar-refractivity contribution < 1.29 is 14.3 Å². The molecular weight excluding hydrogens is 459 g/mol. The van der Waals surface area contributed by atoms with Gasteiger partial charge in [-0.1, -0.05) is 35.9 Å². The molecular formula is C26H24Cl2N2O3. The third-order valence-electron chi connectivity index (χ3n) is 5.68. The summed E-state index contributed by atoms with van der Waals surface area (Å²) in [5, 5.41) is 2.29. The van der Waals surface area contributed by atoms with Crippen LogP contribution in [0.2, 0.25) is 10.0 Å². The zero-order valence-corrected chi connectivity index (χ0v) is 19.9. The highest BCUT2D eigenvalue weighted by molar-refractivity contribution is 6.31. The van der Waals surface area contributed by atoms with Crippen molar-refractivity contribution in [1.82, 2.24) is 9.88 Å². The lowest BCUT2D eigenvalue weighted by Gasteiger charge is -2.35. The van der Waals surface area contributed by atoms with Crippen LogP contribution in [0.25, 0.3) is 10.9 Å². The van der Waals surface area contributed by atoms with Crippen molar-refractivity contribution in [3.63, 3.8) is 0 Å². The molecule has 2 heterocycles. The van der Waals surface area contributed by atoms with Crippen LogP contribution >= 0.6 is 23.2 Å². The number of amides is 1. The minimum Gasteiger partial charge on any atom is -0.497 e. The van der Waals surface area contributed by atoms with E-state index in [0.717, 1.165) is 27.7 Å². The molecule has 0 radical (unpaired) electrons. The van der Waals surface area contributed by atoms with Gasteiger partial charge < -0.3 is 14.5 Å². The van der Waals surface area contributed by atoms with Crippen LogP contribution in [-0.4, -0.2) is 29.6 Å². The largest absolute Gasteiger partial charge is 0.497 e. The van der Waals surface area contributed by atoms with Crippen molar-refractivity contribution in [3.05, 3.63) is 99.9 Å². The Labute approximate surface area is 202 Å². The summed E-state index contributed by atoms with van der Waals surface area (Å²) >= 11 is 12.2. The molecule has 7 heteroatoms. The van der Waals surface area contributed by atoms with E-state index >= 15 is 0 Å². The molecule has 0 saturated carbocycles. The maximum Gasteiger partial charge on any atom is 0.416 e. The first-order chi connectivity index (χ1) is 15.9. The molecule has 1 amide bonds. The minimum atomic E-state index is -0.461. The van der Waals surface area contributed by atoms with Gasteiger partial charge in [-0.3, -0.25) is 4.90 Å². The van der Waals surface area contributed by atoms with Crippen LogP contribution in [0.3, 0.4) is 0 Å². The molecule has 0 spiro atoms. The number of hydrogen-bond donors (Lipinski definition) is 1. The van der Waals surface area contributed by atoms with Crippen molar-refractivity contribution >= 4 is 40.2 Å². The Morgan fingerprint density at radius 1 is 1.15 bits per heavy atom. The van der Waals surface area contributed by atoms with Gasteiger partial charge in [0.15, 0.2) is 0 Å². The number of carbonyl (C=O) groups excluding carboxylic acids is 1. The summed E-state index contributed by atoms with van der Waals surface area (Å²) in [7, 11) is 1.61. The van der Waals surface area contributed by atoms with Crippen molar-refractivity contribution in [2.75, 3.05) is 13.7 Å². The van der Waals surface area contributed by atoms with Gasteiger partial charge in [0.25, 0.3) is 0 Å². The number of benzene rings is 2. The lowest BCUT2D eigenvalue weighted by Crippen LogP contribution is -2.42. The van der Waals surface area contributed by atoms with Crippen LogP contribution in [-0.2, 0) is 11.2 Å². The quantitative estimate of drug-likeness (QED) is 0.308. The van der Waals surface area contributed by atoms with E-state index < -0.39 is 12.1 Å². The highest BCUT2D eigenvalue weighted by atomic mass is 35.5. The van der Waals surface area contributed by atoms with E-state index in [9.17, 15) is 4.79 Å². The van der Waals surface area contributed by atoms with Crippen LogP contribution in [0.15, 0.2) is 78.6 Å². The molecule has 33 heavy (non-hydrogen) atoms. The Morgan fingerprint density at radius 2 is 1.88 bits per heavy atom. The number of fused-ring (bicyclic) bond motifs is 3. The molecule has 1 aliphatic heterocycles. The van der Waals surface area contributed by atoms with Crippen LogP contribution in [0.5, 0.6) is 5.75 Å². The molecule has 0 saturated heterocycles. The van der Waals surface area contributed by atoms with E-state index in [1.165, 1.54) is 0 Å². The monoisotopic (exact) mass is 482 g/mol. The third kappa shape index (κ3) is 4.80. The molecule has 1 unspecified atom stereocenters. The number of hydrogen-bond acceptors (Lipinski definition) is 3. The van der Waals surface area contributed by atoms with Crippen molar-refractivity contribution in [2.45, 2.75) is 19.4 Å². The topological polar surface area (TPSA) is 54.6 Å². The Balaban J connectivity index is 1.72. The first-order valence-electron chi connectivity index (χ1n) is 10.5. The van der Waals surface area contributed by atoms with Gasteiger partial charge in [0, 0.05) is 33.2 Å². The molecule has 1 N–H and O–H groups in total. The average Bonchev–Trinajstić information content (AvgIpc) is 3.18. The Morgan fingerprint density at radius 3 is 2.58 bits per heavy atom. The van der Waals surface area contributed by atoms with Crippen LogP contribution in [0.1, 0.15) is 24.2 Å². The Kier molecular flexibility index (Phi) is 6.82. The average molecular weight is 483 g/mol. The van der Waals surface area contributed by atoms with Gasteiger partial charge in [0.2, 0.25) is 0 Å². The normalized spacial score (nSPS) is 16.2. The highest BCUT2D eigenvalue weighted by Crippen LogP contribution is 2.39. The predicted octanol–water partition coefficient (Wildman–Crippen LogP) is 7.24. The molecule has 0 aliphatic carbocycles. The van der Waals surface area contributed by atoms with E-state index in [1.54, 1.807) is 36.3 Å². The molecule has 1 atom stereocenters. The summed E-state index contributed by atoms with van der Waals surface area (Å²) in [5.41, 5.74) is 3.71. The van der Waals surface area contributed by atoms with Gasteiger partial charge >= 0.3 is 6.09 Å². The molecule has 1 aliphatic rings. The van der Waals surface area contributed by atoms with Gasteiger partial charge in [-0.05, 0) is 79.1 Å². The van der Waals surface area contributed by atoms with E-state index in [2.05, 4.69) is 11.6 Å². The molecule has 3 aromatic rings. The number of aromatic nitrogens is 1. The molecule has 2 aromatic carbocycles. The van der Waals surface area contributed by atoms with Gasteiger partial charge in [0.05, 0.1) is 7.11 Å². The summed E-state index contributed by atoms with van der Waals surface area (Å²) in [6, 6.07) is 12.0. The fraction of sp³-hybridized carbons (Fsp3) is 0.192. The number of ether oxygens (including phenoxy) is 2. The fourth-order valence-corrected chi connectivity index (χ4v) is 4.37. The number of halogens is 2. The van der Waals surface area contributed by atoms with Crippen molar-refractivity contribution in [1.29, 1.82) is 0 Å². The second kappa shape index (κ2) is 9.77. The second-order valence-corrected chi connectivity index (χ2v) is 8.55. The summed E-state index contributed by atoms with van der Waals surface area (Å²) in [4.78, 5) is 18.4. The predicted molar refractivity (Wildman–Crippen MR) is 133 cm³/mol. The Bertz CT molecular complexity index is 1260. The minimum absolute atomic E-state index is 0.425. The summed E-state index contributed by atoms with van der Waals surface area (Å²) in [6.45, 7) is 6.63. The lowest BCUT2D eigenvalue weighted by molar-refractivity contribution is 0.135. The molecule has 0 bridgehead atoms. The molecule has 170 valence electrons. The van der Waals surface area contributed by atoms with Crippen LogP contribution in [0, 0.1) is 0 Å². The zero-order chi connectivity index (χ0) is 23.5. The van der Waals surface area contributed by atoms with Crippen molar-refractivity contribution in [3.8, 4) is 5.75 Å².